The molecule has 19 heavy (non-hydrogen) atoms. The van der Waals surface area contributed by atoms with Gasteiger partial charge in [-0.15, -0.1) is 0 Å². The Morgan fingerprint density at radius 2 is 2.11 bits per heavy atom. The fourth-order valence-corrected chi connectivity index (χ4v) is 2.91. The van der Waals surface area contributed by atoms with Crippen LogP contribution in [0.15, 0.2) is 30.3 Å². The number of aliphatic hydroxyl groups is 1. The standard InChI is InChI=1S/C15H19BO3/c1-2-10-8-13(16)14(12(10)9-17)19-15(18)11-6-4-3-5-7-11/h3-7,10,12-14,17H,2,8-9H2,1H3. The van der Waals surface area contributed by atoms with Gasteiger partial charge in [-0.05, 0) is 23.9 Å². The number of hydrogen-bond acceptors (Lipinski definition) is 3. The first-order valence-electron chi connectivity index (χ1n) is 6.79. The summed E-state index contributed by atoms with van der Waals surface area (Å²) in [5, 5.41) is 9.49. The average Bonchev–Trinajstić information content (AvgIpc) is 2.75. The topological polar surface area (TPSA) is 46.5 Å². The minimum Gasteiger partial charge on any atom is -0.459 e. The molecule has 1 aliphatic rings. The van der Waals surface area contributed by atoms with Crippen LogP contribution < -0.4 is 0 Å². The molecule has 2 rings (SSSR count). The van der Waals surface area contributed by atoms with E-state index in [1.165, 1.54) is 0 Å². The first-order valence-corrected chi connectivity index (χ1v) is 6.79. The van der Waals surface area contributed by atoms with E-state index in [9.17, 15) is 9.90 Å². The lowest BCUT2D eigenvalue weighted by atomic mass is 9.83. The third-order valence-corrected chi connectivity index (χ3v) is 4.01. The van der Waals surface area contributed by atoms with Gasteiger partial charge in [0.25, 0.3) is 0 Å². The van der Waals surface area contributed by atoms with E-state index in [2.05, 4.69) is 6.92 Å². The Kier molecular flexibility index (Phi) is 4.64. The van der Waals surface area contributed by atoms with E-state index in [0.717, 1.165) is 12.8 Å². The summed E-state index contributed by atoms with van der Waals surface area (Å²) in [7, 11) is 6.05. The number of hydrogen-bond donors (Lipinski definition) is 1. The number of benzene rings is 1. The van der Waals surface area contributed by atoms with Gasteiger partial charge in [0, 0.05) is 12.5 Å². The normalized spacial score (nSPS) is 30.2. The number of esters is 1. The SMILES string of the molecule is [B]C1CC(CC)C(CO)C1OC(=O)c1ccccc1. The van der Waals surface area contributed by atoms with Crippen molar-refractivity contribution in [2.45, 2.75) is 31.7 Å². The van der Waals surface area contributed by atoms with Gasteiger partial charge in [0.05, 0.1) is 13.4 Å². The highest BCUT2D eigenvalue weighted by Gasteiger charge is 2.41. The highest BCUT2D eigenvalue weighted by Crippen LogP contribution is 2.42. The molecule has 4 unspecified atom stereocenters. The monoisotopic (exact) mass is 258 g/mol. The van der Waals surface area contributed by atoms with Crippen LogP contribution in [-0.4, -0.2) is 31.6 Å². The summed E-state index contributed by atoms with van der Waals surface area (Å²) < 4.78 is 5.52. The lowest BCUT2D eigenvalue weighted by Crippen LogP contribution is -2.30. The summed E-state index contributed by atoms with van der Waals surface area (Å²) >= 11 is 0. The van der Waals surface area contributed by atoms with E-state index >= 15 is 0 Å². The summed E-state index contributed by atoms with van der Waals surface area (Å²) in [5.74, 6) is -0.271. The number of rotatable bonds is 4. The fourth-order valence-electron chi connectivity index (χ4n) is 2.91. The maximum atomic E-state index is 12.0. The van der Waals surface area contributed by atoms with Gasteiger partial charge in [-0.2, -0.15) is 0 Å². The average molecular weight is 258 g/mol. The minimum atomic E-state index is -0.386. The second kappa shape index (κ2) is 6.24. The zero-order valence-corrected chi connectivity index (χ0v) is 11.2. The molecule has 1 aromatic carbocycles. The van der Waals surface area contributed by atoms with E-state index < -0.39 is 0 Å². The first kappa shape index (κ1) is 14.1. The van der Waals surface area contributed by atoms with Crippen LogP contribution in [0.25, 0.3) is 0 Å². The number of aliphatic hydroxyl groups excluding tert-OH is 1. The van der Waals surface area contributed by atoms with Crippen molar-refractivity contribution >= 4 is 13.8 Å². The molecule has 0 spiro atoms. The van der Waals surface area contributed by atoms with E-state index in [4.69, 9.17) is 12.6 Å². The molecule has 0 amide bonds. The second-order valence-corrected chi connectivity index (χ2v) is 5.15. The molecule has 4 atom stereocenters. The largest absolute Gasteiger partial charge is 0.459 e. The number of carbonyl (C=O) groups excluding carboxylic acids is 1. The van der Waals surface area contributed by atoms with Crippen LogP contribution >= 0.6 is 0 Å². The van der Waals surface area contributed by atoms with Crippen LogP contribution in [0.2, 0.25) is 5.82 Å². The van der Waals surface area contributed by atoms with Crippen LogP contribution in [0.4, 0.5) is 0 Å². The smallest absolute Gasteiger partial charge is 0.338 e. The van der Waals surface area contributed by atoms with Crippen LogP contribution in [-0.2, 0) is 4.74 Å². The van der Waals surface area contributed by atoms with Crippen LogP contribution in [0.1, 0.15) is 30.1 Å². The third-order valence-electron chi connectivity index (χ3n) is 4.01. The van der Waals surface area contributed by atoms with Crippen molar-refractivity contribution in [3.63, 3.8) is 0 Å². The molecule has 0 saturated heterocycles. The predicted molar refractivity (Wildman–Crippen MR) is 74.1 cm³/mol. The van der Waals surface area contributed by atoms with E-state index in [-0.39, 0.29) is 30.4 Å². The highest BCUT2D eigenvalue weighted by molar-refractivity contribution is 6.12. The summed E-state index contributed by atoms with van der Waals surface area (Å²) in [6.45, 7) is 2.08. The Balaban J connectivity index is 2.07. The van der Waals surface area contributed by atoms with Crippen molar-refractivity contribution in [2.24, 2.45) is 11.8 Å². The van der Waals surface area contributed by atoms with Crippen LogP contribution in [0.5, 0.6) is 0 Å². The molecule has 0 heterocycles. The molecular formula is C15H19BO3. The summed E-state index contributed by atoms with van der Waals surface area (Å²) in [5.41, 5.74) is 0.520. The van der Waals surface area contributed by atoms with Crippen LogP contribution in [0, 0.1) is 11.8 Å². The molecule has 4 heteroatoms. The molecule has 0 aromatic heterocycles. The van der Waals surface area contributed by atoms with Crippen molar-refractivity contribution in [1.82, 2.24) is 0 Å². The van der Waals surface area contributed by atoms with Crippen molar-refractivity contribution in [1.29, 1.82) is 0 Å². The maximum Gasteiger partial charge on any atom is 0.338 e. The van der Waals surface area contributed by atoms with Gasteiger partial charge >= 0.3 is 5.97 Å². The molecule has 3 nitrogen and oxygen atoms in total. The summed E-state index contributed by atoms with van der Waals surface area (Å²) in [6, 6.07) is 8.87. The van der Waals surface area contributed by atoms with Gasteiger partial charge in [0.1, 0.15) is 6.10 Å². The molecule has 100 valence electrons. The Bertz CT molecular complexity index is 421. The van der Waals surface area contributed by atoms with Crippen molar-refractivity contribution in [3.05, 3.63) is 35.9 Å². The molecule has 1 saturated carbocycles. The van der Waals surface area contributed by atoms with Crippen LogP contribution in [0.3, 0.4) is 0 Å². The molecule has 1 aliphatic carbocycles. The zero-order valence-electron chi connectivity index (χ0n) is 11.2. The van der Waals surface area contributed by atoms with Gasteiger partial charge < -0.3 is 9.84 Å². The molecule has 1 fully saturated rings. The van der Waals surface area contributed by atoms with E-state index in [0.29, 0.717) is 11.5 Å². The predicted octanol–water partition coefficient (Wildman–Crippen LogP) is 2.21. The van der Waals surface area contributed by atoms with Gasteiger partial charge in [0.15, 0.2) is 0 Å². The molecule has 1 N–H and O–H groups in total. The molecule has 0 bridgehead atoms. The Labute approximate surface area is 115 Å². The fraction of sp³-hybridized carbons (Fsp3) is 0.533. The molecule has 2 radical (unpaired) electrons. The number of ether oxygens (including phenoxy) is 1. The van der Waals surface area contributed by atoms with Gasteiger partial charge in [-0.3, -0.25) is 0 Å². The van der Waals surface area contributed by atoms with Gasteiger partial charge in [0.2, 0.25) is 0 Å². The lowest BCUT2D eigenvalue weighted by molar-refractivity contribution is 0.00765. The van der Waals surface area contributed by atoms with Gasteiger partial charge in [-0.25, -0.2) is 4.79 Å². The number of carbonyl (C=O) groups is 1. The third kappa shape index (κ3) is 3.00. The Morgan fingerprint density at radius 3 is 2.68 bits per heavy atom. The van der Waals surface area contributed by atoms with Crippen molar-refractivity contribution < 1.29 is 14.6 Å². The highest BCUT2D eigenvalue weighted by atomic mass is 16.5. The van der Waals surface area contributed by atoms with Crippen molar-refractivity contribution in [3.8, 4) is 0 Å². The maximum absolute atomic E-state index is 12.0. The van der Waals surface area contributed by atoms with E-state index in [1.54, 1.807) is 24.3 Å². The second-order valence-electron chi connectivity index (χ2n) is 5.15. The minimum absolute atomic E-state index is 0.0128. The summed E-state index contributed by atoms with van der Waals surface area (Å²) in [4.78, 5) is 12.0. The summed E-state index contributed by atoms with van der Waals surface area (Å²) in [6.07, 6.45) is 1.36. The lowest BCUT2D eigenvalue weighted by Gasteiger charge is -2.24. The molecular weight excluding hydrogens is 239 g/mol. The molecule has 1 aromatic rings. The molecule has 0 aliphatic heterocycles. The Morgan fingerprint density at radius 1 is 1.42 bits per heavy atom. The first-order chi connectivity index (χ1) is 9.17. The Hall–Kier alpha value is -1.29. The van der Waals surface area contributed by atoms with E-state index in [1.807, 2.05) is 6.07 Å². The quantitative estimate of drug-likeness (QED) is 0.665. The van der Waals surface area contributed by atoms with Crippen molar-refractivity contribution in [2.75, 3.05) is 6.61 Å². The zero-order chi connectivity index (χ0) is 13.8. The van der Waals surface area contributed by atoms with Gasteiger partial charge in [-0.1, -0.05) is 38.0 Å².